The van der Waals surface area contributed by atoms with Crippen LogP contribution in [0.5, 0.6) is 0 Å². The number of thiophene rings is 1. The van der Waals surface area contributed by atoms with E-state index in [1.54, 1.807) is 17.4 Å². The second-order valence-corrected chi connectivity index (χ2v) is 6.33. The zero-order valence-corrected chi connectivity index (χ0v) is 12.2. The summed E-state index contributed by atoms with van der Waals surface area (Å²) in [6, 6.07) is 7.58. The number of carbonyl (C=O) groups excluding carboxylic acids is 1. The summed E-state index contributed by atoms with van der Waals surface area (Å²) in [5.41, 5.74) is 3.58. The van der Waals surface area contributed by atoms with Crippen LogP contribution in [0.3, 0.4) is 0 Å². The van der Waals surface area contributed by atoms with Crippen molar-refractivity contribution in [1.82, 2.24) is 0 Å². The molecule has 2 heterocycles. The first kappa shape index (κ1) is 12.5. The Morgan fingerprint density at radius 3 is 2.74 bits per heavy atom. The van der Waals surface area contributed by atoms with Crippen molar-refractivity contribution < 1.29 is 4.79 Å². The number of hydrogen-bond acceptors (Lipinski definition) is 2. The zero-order chi connectivity index (χ0) is 13.6. The molecule has 2 nitrogen and oxygen atoms in total. The van der Waals surface area contributed by atoms with Gasteiger partial charge in [0.25, 0.3) is 5.91 Å². The average molecular weight is 290 g/mol. The Morgan fingerprint density at radius 1 is 1.26 bits per heavy atom. The van der Waals surface area contributed by atoms with Crippen LogP contribution in [0, 0.1) is 13.8 Å². The number of benzene rings is 1. The first-order chi connectivity index (χ1) is 9.04. The fourth-order valence-corrected chi connectivity index (χ4v) is 3.39. The first-order valence-electron chi connectivity index (χ1n) is 5.94. The molecule has 0 atom stereocenters. The van der Waals surface area contributed by atoms with E-state index in [4.69, 9.17) is 11.6 Å². The molecule has 1 aromatic carbocycles. The molecule has 96 valence electrons. The number of carbonyl (C=O) groups is 1. The maximum absolute atomic E-state index is 12.0. The Labute approximate surface area is 120 Å². The zero-order valence-electron chi connectivity index (χ0n) is 10.6. The molecule has 1 aliphatic heterocycles. The van der Waals surface area contributed by atoms with Gasteiger partial charge in [0.1, 0.15) is 0 Å². The van der Waals surface area contributed by atoms with E-state index in [1.807, 2.05) is 18.2 Å². The lowest BCUT2D eigenvalue weighted by molar-refractivity contribution is -0.110. The fraction of sp³-hybridized carbons (Fsp3) is 0.133. The fourth-order valence-electron chi connectivity index (χ4n) is 2.24. The molecule has 3 rings (SSSR count). The predicted octanol–water partition coefficient (Wildman–Crippen LogP) is 4.51. The smallest absolute Gasteiger partial charge is 0.256 e. The van der Waals surface area contributed by atoms with Crippen LogP contribution in [0.15, 0.2) is 24.3 Å². The summed E-state index contributed by atoms with van der Waals surface area (Å²) in [7, 11) is 0. The molecule has 0 bridgehead atoms. The topological polar surface area (TPSA) is 29.1 Å². The summed E-state index contributed by atoms with van der Waals surface area (Å²) < 4.78 is 0. The molecule has 0 fully saturated rings. The molecule has 0 unspecified atom stereocenters. The SMILES string of the molecule is Cc1cc(C)c(/C=C2\C(=O)Nc3ccc(Cl)cc32)s1. The number of anilines is 1. The van der Waals surface area contributed by atoms with E-state index in [0.29, 0.717) is 10.6 Å². The summed E-state index contributed by atoms with van der Waals surface area (Å²) in [5, 5.41) is 3.50. The van der Waals surface area contributed by atoms with Crippen molar-refractivity contribution >= 4 is 46.2 Å². The lowest BCUT2D eigenvalue weighted by Gasteiger charge is -1.99. The van der Waals surface area contributed by atoms with Crippen molar-refractivity contribution in [3.05, 3.63) is 50.2 Å². The number of hydrogen-bond donors (Lipinski definition) is 1. The molecular weight excluding hydrogens is 278 g/mol. The molecule has 1 aliphatic rings. The highest BCUT2D eigenvalue weighted by molar-refractivity contribution is 7.13. The summed E-state index contributed by atoms with van der Waals surface area (Å²) in [6.45, 7) is 4.13. The molecular formula is C15H12ClNOS. The molecule has 0 saturated heterocycles. The van der Waals surface area contributed by atoms with Crippen molar-refractivity contribution in [2.45, 2.75) is 13.8 Å². The maximum Gasteiger partial charge on any atom is 0.256 e. The van der Waals surface area contributed by atoms with Crippen LogP contribution >= 0.6 is 22.9 Å². The molecule has 0 aliphatic carbocycles. The minimum atomic E-state index is -0.0669. The van der Waals surface area contributed by atoms with Gasteiger partial charge in [0.15, 0.2) is 0 Å². The number of amides is 1. The molecule has 1 amide bonds. The van der Waals surface area contributed by atoms with Gasteiger partial charge in [-0.2, -0.15) is 0 Å². The first-order valence-corrected chi connectivity index (χ1v) is 7.14. The van der Waals surface area contributed by atoms with E-state index in [2.05, 4.69) is 25.2 Å². The summed E-state index contributed by atoms with van der Waals surface area (Å²) >= 11 is 7.70. The van der Waals surface area contributed by atoms with Gasteiger partial charge in [0.05, 0.1) is 5.57 Å². The maximum atomic E-state index is 12.0. The minimum Gasteiger partial charge on any atom is -0.321 e. The molecule has 19 heavy (non-hydrogen) atoms. The largest absolute Gasteiger partial charge is 0.321 e. The Bertz CT molecular complexity index is 715. The summed E-state index contributed by atoms with van der Waals surface area (Å²) in [5.74, 6) is -0.0669. The third-order valence-electron chi connectivity index (χ3n) is 3.12. The minimum absolute atomic E-state index is 0.0669. The van der Waals surface area contributed by atoms with Crippen molar-refractivity contribution in [2.24, 2.45) is 0 Å². The Morgan fingerprint density at radius 2 is 2.05 bits per heavy atom. The van der Waals surface area contributed by atoms with Crippen LogP contribution in [0.1, 0.15) is 20.9 Å². The van der Waals surface area contributed by atoms with Gasteiger partial charge in [-0.05, 0) is 49.8 Å². The van der Waals surface area contributed by atoms with E-state index < -0.39 is 0 Å². The van der Waals surface area contributed by atoms with Crippen molar-refractivity contribution in [2.75, 3.05) is 5.32 Å². The van der Waals surface area contributed by atoms with Gasteiger partial charge in [0.2, 0.25) is 0 Å². The van der Waals surface area contributed by atoms with Crippen LogP contribution < -0.4 is 5.32 Å². The second-order valence-electron chi connectivity index (χ2n) is 4.61. The van der Waals surface area contributed by atoms with Crippen LogP contribution in [0.4, 0.5) is 5.69 Å². The Kier molecular flexibility index (Phi) is 2.96. The lowest BCUT2D eigenvalue weighted by atomic mass is 10.1. The molecule has 0 spiro atoms. The van der Waals surface area contributed by atoms with Crippen LogP contribution in [-0.2, 0) is 4.79 Å². The molecule has 1 aromatic heterocycles. The van der Waals surface area contributed by atoms with E-state index in [-0.39, 0.29) is 5.91 Å². The van der Waals surface area contributed by atoms with E-state index >= 15 is 0 Å². The highest BCUT2D eigenvalue weighted by Crippen LogP contribution is 2.36. The van der Waals surface area contributed by atoms with E-state index in [9.17, 15) is 4.79 Å². The molecule has 0 saturated carbocycles. The monoisotopic (exact) mass is 289 g/mol. The Hall–Kier alpha value is -1.58. The van der Waals surface area contributed by atoms with Crippen LogP contribution in [-0.4, -0.2) is 5.91 Å². The summed E-state index contributed by atoms with van der Waals surface area (Å²) in [6.07, 6.45) is 1.95. The lowest BCUT2D eigenvalue weighted by Crippen LogP contribution is -2.03. The Balaban J connectivity index is 2.14. The quantitative estimate of drug-likeness (QED) is 0.769. The standard InChI is InChI=1S/C15H12ClNOS/c1-8-5-9(2)19-14(8)7-12-11-6-10(16)3-4-13(11)17-15(12)18/h3-7H,1-2H3,(H,17,18)/b12-7-. The van der Waals surface area contributed by atoms with E-state index in [0.717, 1.165) is 16.1 Å². The molecule has 0 radical (unpaired) electrons. The second kappa shape index (κ2) is 4.51. The number of nitrogens with one attached hydrogen (secondary N) is 1. The highest BCUT2D eigenvalue weighted by Gasteiger charge is 2.24. The van der Waals surface area contributed by atoms with Crippen molar-refractivity contribution in [3.8, 4) is 0 Å². The molecule has 1 N–H and O–H groups in total. The molecule has 2 aromatic rings. The highest BCUT2D eigenvalue weighted by atomic mass is 35.5. The van der Waals surface area contributed by atoms with Gasteiger partial charge in [-0.3, -0.25) is 4.79 Å². The third-order valence-corrected chi connectivity index (χ3v) is 4.45. The van der Waals surface area contributed by atoms with E-state index in [1.165, 1.54) is 10.4 Å². The van der Waals surface area contributed by atoms with Crippen molar-refractivity contribution in [3.63, 3.8) is 0 Å². The predicted molar refractivity (Wildman–Crippen MR) is 81.7 cm³/mol. The van der Waals surface area contributed by atoms with Gasteiger partial charge in [-0.1, -0.05) is 11.6 Å². The van der Waals surface area contributed by atoms with Crippen molar-refractivity contribution in [1.29, 1.82) is 0 Å². The third kappa shape index (κ3) is 2.20. The number of halogens is 1. The van der Waals surface area contributed by atoms with Gasteiger partial charge in [0, 0.05) is 26.0 Å². The number of fused-ring (bicyclic) bond motifs is 1. The average Bonchev–Trinajstić information content (AvgIpc) is 2.81. The normalized spacial score (nSPS) is 15.7. The van der Waals surface area contributed by atoms with Gasteiger partial charge >= 0.3 is 0 Å². The van der Waals surface area contributed by atoms with Gasteiger partial charge in [-0.25, -0.2) is 0 Å². The molecule has 4 heteroatoms. The summed E-state index contributed by atoms with van der Waals surface area (Å²) in [4.78, 5) is 14.4. The number of rotatable bonds is 1. The number of aryl methyl sites for hydroxylation is 2. The van der Waals surface area contributed by atoms with Crippen LogP contribution in [0.2, 0.25) is 5.02 Å². The van der Waals surface area contributed by atoms with Crippen LogP contribution in [0.25, 0.3) is 11.6 Å². The van der Waals surface area contributed by atoms with Gasteiger partial charge < -0.3 is 5.32 Å². The van der Waals surface area contributed by atoms with Gasteiger partial charge in [-0.15, -0.1) is 11.3 Å².